The van der Waals surface area contributed by atoms with Crippen molar-refractivity contribution in [2.45, 2.75) is 20.0 Å². The maximum absolute atomic E-state index is 5.84. The average Bonchev–Trinajstić information content (AvgIpc) is 2.77. The van der Waals surface area contributed by atoms with Crippen LogP contribution in [0, 0.1) is 6.92 Å². The molecule has 1 N–H and O–H groups in total. The molecule has 30 heavy (non-hydrogen) atoms. The van der Waals surface area contributed by atoms with Crippen molar-refractivity contribution >= 4 is 5.69 Å². The summed E-state index contributed by atoms with van der Waals surface area (Å²) in [6.45, 7) is 8.36. The average molecular weight is 404 g/mol. The van der Waals surface area contributed by atoms with Gasteiger partial charge in [-0.15, -0.1) is 0 Å². The Kier molecular flexibility index (Phi) is 6.57. The Morgan fingerprint density at radius 2 is 1.70 bits per heavy atom. The number of piperazine rings is 1. The minimum atomic E-state index is 0.356. The molecule has 1 aliphatic heterocycles. The molecule has 0 saturated carbocycles. The van der Waals surface area contributed by atoms with E-state index in [0.29, 0.717) is 6.01 Å². The zero-order valence-electron chi connectivity index (χ0n) is 17.7. The van der Waals surface area contributed by atoms with Crippen molar-refractivity contribution in [3.05, 3.63) is 77.6 Å². The highest BCUT2D eigenvalue weighted by Gasteiger charge is 2.14. The Morgan fingerprint density at radius 3 is 2.50 bits per heavy atom. The van der Waals surface area contributed by atoms with Crippen LogP contribution in [0.2, 0.25) is 0 Å². The second kappa shape index (κ2) is 9.69. The minimum Gasteiger partial charge on any atom is -0.424 e. The molecule has 2 aromatic carbocycles. The summed E-state index contributed by atoms with van der Waals surface area (Å²) in [7, 11) is 2.19. The zero-order valence-corrected chi connectivity index (χ0v) is 17.7. The number of nitrogens with zero attached hydrogens (tertiary/aromatic N) is 4. The lowest BCUT2D eigenvalue weighted by Crippen LogP contribution is -2.43. The molecule has 4 rings (SSSR count). The van der Waals surface area contributed by atoms with Gasteiger partial charge in [0, 0.05) is 63.4 Å². The van der Waals surface area contributed by atoms with E-state index in [0.717, 1.165) is 56.3 Å². The Bertz CT molecular complexity index is 955. The van der Waals surface area contributed by atoms with Crippen LogP contribution in [-0.4, -0.2) is 53.0 Å². The second-order valence-corrected chi connectivity index (χ2v) is 7.87. The van der Waals surface area contributed by atoms with Crippen LogP contribution in [0.3, 0.4) is 0 Å². The molecule has 0 aliphatic carbocycles. The van der Waals surface area contributed by atoms with Gasteiger partial charge in [-0.25, -0.2) is 9.97 Å². The predicted octanol–water partition coefficient (Wildman–Crippen LogP) is 3.94. The molecule has 0 amide bonds. The number of hydrogen-bond donors (Lipinski definition) is 1. The predicted molar refractivity (Wildman–Crippen MR) is 120 cm³/mol. The monoisotopic (exact) mass is 403 g/mol. The molecule has 156 valence electrons. The van der Waals surface area contributed by atoms with Gasteiger partial charge in [-0.2, -0.15) is 0 Å². The lowest BCUT2D eigenvalue weighted by Gasteiger charge is -2.32. The highest BCUT2D eigenvalue weighted by atomic mass is 16.5. The number of hydrogen-bond acceptors (Lipinski definition) is 6. The van der Waals surface area contributed by atoms with E-state index in [-0.39, 0.29) is 0 Å². The topological polar surface area (TPSA) is 53.5 Å². The molecular weight excluding hydrogens is 374 g/mol. The Balaban J connectivity index is 1.37. The van der Waals surface area contributed by atoms with Crippen molar-refractivity contribution in [1.82, 2.24) is 19.8 Å². The van der Waals surface area contributed by atoms with E-state index >= 15 is 0 Å². The van der Waals surface area contributed by atoms with Crippen LogP contribution in [0.5, 0.6) is 11.8 Å². The van der Waals surface area contributed by atoms with Crippen LogP contribution in [0.15, 0.2) is 60.9 Å². The molecule has 6 nitrogen and oxygen atoms in total. The molecule has 0 bridgehead atoms. The molecule has 1 aliphatic rings. The fourth-order valence-corrected chi connectivity index (χ4v) is 3.56. The number of anilines is 1. The summed E-state index contributed by atoms with van der Waals surface area (Å²) in [4.78, 5) is 13.2. The highest BCUT2D eigenvalue weighted by Crippen LogP contribution is 2.26. The number of benzene rings is 2. The van der Waals surface area contributed by atoms with Gasteiger partial charge in [-0.3, -0.25) is 4.90 Å². The molecule has 1 fully saturated rings. The summed E-state index contributed by atoms with van der Waals surface area (Å²) < 4.78 is 5.84. The van der Waals surface area contributed by atoms with Crippen molar-refractivity contribution in [2.75, 3.05) is 38.5 Å². The van der Waals surface area contributed by atoms with Gasteiger partial charge in [-0.05, 0) is 42.8 Å². The maximum Gasteiger partial charge on any atom is 0.321 e. The molecule has 0 atom stereocenters. The van der Waals surface area contributed by atoms with Crippen LogP contribution in [0.4, 0.5) is 5.69 Å². The first-order valence-corrected chi connectivity index (χ1v) is 10.4. The van der Waals surface area contributed by atoms with Gasteiger partial charge < -0.3 is 15.0 Å². The standard InChI is InChI=1S/C24H29N5O/c1-19-7-8-22(16-23(19)30-24-25-9-4-10-26-24)27-17-20-5-3-6-21(15-20)18-29-13-11-28(2)12-14-29/h3-10,15-16,27H,11-14,17-18H2,1-2H3. The minimum absolute atomic E-state index is 0.356. The van der Waals surface area contributed by atoms with E-state index in [1.54, 1.807) is 18.5 Å². The molecule has 2 heterocycles. The number of likely N-dealkylation sites (N-methyl/N-ethyl adjacent to an activating group) is 1. The Hall–Kier alpha value is -2.96. The number of aromatic nitrogens is 2. The van der Waals surface area contributed by atoms with Crippen LogP contribution in [-0.2, 0) is 13.1 Å². The lowest BCUT2D eigenvalue weighted by molar-refractivity contribution is 0.148. The smallest absolute Gasteiger partial charge is 0.321 e. The molecule has 1 aromatic heterocycles. The first-order chi connectivity index (χ1) is 14.7. The maximum atomic E-state index is 5.84. The summed E-state index contributed by atoms with van der Waals surface area (Å²) in [5.41, 5.74) is 4.70. The van der Waals surface area contributed by atoms with E-state index in [1.807, 2.05) is 19.1 Å². The van der Waals surface area contributed by atoms with Gasteiger partial charge in [0.2, 0.25) is 0 Å². The van der Waals surface area contributed by atoms with Crippen molar-refractivity contribution in [3.8, 4) is 11.8 Å². The highest BCUT2D eigenvalue weighted by molar-refractivity contribution is 5.52. The number of ether oxygens (including phenoxy) is 1. The largest absolute Gasteiger partial charge is 0.424 e. The van der Waals surface area contributed by atoms with E-state index < -0.39 is 0 Å². The fourth-order valence-electron chi connectivity index (χ4n) is 3.56. The summed E-state index contributed by atoms with van der Waals surface area (Å²) in [5, 5.41) is 3.51. The normalized spacial score (nSPS) is 15.1. The molecule has 3 aromatic rings. The first-order valence-electron chi connectivity index (χ1n) is 10.4. The SMILES string of the molecule is Cc1ccc(NCc2cccc(CN3CCN(C)CC3)c2)cc1Oc1ncccn1. The van der Waals surface area contributed by atoms with Crippen LogP contribution in [0.1, 0.15) is 16.7 Å². The van der Waals surface area contributed by atoms with E-state index in [9.17, 15) is 0 Å². The zero-order chi connectivity index (χ0) is 20.8. The quantitative estimate of drug-likeness (QED) is 0.645. The van der Waals surface area contributed by atoms with E-state index in [4.69, 9.17) is 4.74 Å². The third-order valence-corrected chi connectivity index (χ3v) is 5.42. The number of nitrogens with one attached hydrogen (secondary N) is 1. The summed E-state index contributed by atoms with van der Waals surface area (Å²) in [5.74, 6) is 0.759. The van der Waals surface area contributed by atoms with Gasteiger partial charge in [0.25, 0.3) is 0 Å². The van der Waals surface area contributed by atoms with E-state index in [1.165, 1.54) is 11.1 Å². The van der Waals surface area contributed by atoms with Gasteiger partial charge in [-0.1, -0.05) is 30.3 Å². The fraction of sp³-hybridized carbons (Fsp3) is 0.333. The molecule has 1 saturated heterocycles. The Morgan fingerprint density at radius 1 is 0.933 bits per heavy atom. The summed E-state index contributed by atoms with van der Waals surface area (Å²) in [6, 6.07) is 17.1. The van der Waals surface area contributed by atoms with Gasteiger partial charge in [0.05, 0.1) is 0 Å². The molecule has 0 spiro atoms. The van der Waals surface area contributed by atoms with Crippen molar-refractivity contribution < 1.29 is 4.74 Å². The van der Waals surface area contributed by atoms with Crippen LogP contribution >= 0.6 is 0 Å². The van der Waals surface area contributed by atoms with Crippen LogP contribution in [0.25, 0.3) is 0 Å². The molecular formula is C24H29N5O. The third kappa shape index (κ3) is 5.55. The summed E-state index contributed by atoms with van der Waals surface area (Å²) in [6.07, 6.45) is 3.35. The summed E-state index contributed by atoms with van der Waals surface area (Å²) >= 11 is 0. The van der Waals surface area contributed by atoms with Gasteiger partial charge in [0.1, 0.15) is 5.75 Å². The lowest BCUT2D eigenvalue weighted by atomic mass is 10.1. The molecule has 0 unspecified atom stereocenters. The van der Waals surface area contributed by atoms with E-state index in [2.05, 4.69) is 62.5 Å². The first kappa shape index (κ1) is 20.3. The van der Waals surface area contributed by atoms with Gasteiger partial charge in [0.15, 0.2) is 0 Å². The third-order valence-electron chi connectivity index (χ3n) is 5.42. The van der Waals surface area contributed by atoms with Gasteiger partial charge >= 0.3 is 6.01 Å². The number of rotatable bonds is 7. The number of aryl methyl sites for hydroxylation is 1. The Labute approximate surface area is 178 Å². The van der Waals surface area contributed by atoms with Crippen molar-refractivity contribution in [1.29, 1.82) is 0 Å². The van der Waals surface area contributed by atoms with Crippen molar-refractivity contribution in [2.24, 2.45) is 0 Å². The van der Waals surface area contributed by atoms with Crippen LogP contribution < -0.4 is 10.1 Å². The molecule has 6 heteroatoms. The second-order valence-electron chi connectivity index (χ2n) is 7.87. The van der Waals surface area contributed by atoms with Crippen molar-refractivity contribution in [3.63, 3.8) is 0 Å². The molecule has 0 radical (unpaired) electrons.